The minimum atomic E-state index is -0.845. The lowest BCUT2D eigenvalue weighted by Crippen LogP contribution is -2.54. The van der Waals surface area contributed by atoms with E-state index in [1.54, 1.807) is 6.07 Å². The Morgan fingerprint density at radius 1 is 1.44 bits per heavy atom. The zero-order valence-electron chi connectivity index (χ0n) is 10.2. The van der Waals surface area contributed by atoms with Crippen LogP contribution in [0.15, 0.2) is 24.3 Å². The van der Waals surface area contributed by atoms with Gasteiger partial charge in [0.25, 0.3) is 0 Å². The first-order valence-corrected chi connectivity index (χ1v) is 5.90. The van der Waals surface area contributed by atoms with E-state index in [-0.39, 0.29) is 5.78 Å². The van der Waals surface area contributed by atoms with Gasteiger partial charge in [0.15, 0.2) is 5.78 Å². The molecule has 1 aromatic rings. The molecule has 0 aliphatic carbocycles. The first-order valence-electron chi connectivity index (χ1n) is 5.90. The lowest BCUT2D eigenvalue weighted by atomic mass is 10.1. The molecule has 5 heteroatoms. The lowest BCUT2D eigenvalue weighted by Gasteiger charge is -2.33. The maximum Gasteiger partial charge on any atom is 0.322 e. The Hall–Kier alpha value is -1.88. The Morgan fingerprint density at radius 3 is 2.89 bits per heavy atom. The van der Waals surface area contributed by atoms with Crippen LogP contribution >= 0.6 is 0 Å². The van der Waals surface area contributed by atoms with Gasteiger partial charge in [0.2, 0.25) is 0 Å². The molecule has 2 rings (SSSR count). The summed E-state index contributed by atoms with van der Waals surface area (Å²) in [7, 11) is 0. The third kappa shape index (κ3) is 2.68. The van der Waals surface area contributed by atoms with Gasteiger partial charge in [-0.05, 0) is 19.1 Å². The van der Waals surface area contributed by atoms with Crippen molar-refractivity contribution in [2.24, 2.45) is 0 Å². The van der Waals surface area contributed by atoms with Crippen molar-refractivity contribution in [3.8, 4) is 0 Å². The van der Waals surface area contributed by atoms with E-state index < -0.39 is 12.0 Å². The van der Waals surface area contributed by atoms with Gasteiger partial charge in [-0.25, -0.2) is 0 Å². The first-order chi connectivity index (χ1) is 8.58. The van der Waals surface area contributed by atoms with Crippen LogP contribution in [0.5, 0.6) is 0 Å². The largest absolute Gasteiger partial charge is 0.480 e. The lowest BCUT2D eigenvalue weighted by molar-refractivity contribution is -0.139. The molecule has 1 saturated heterocycles. The van der Waals surface area contributed by atoms with Gasteiger partial charge < -0.3 is 15.3 Å². The summed E-state index contributed by atoms with van der Waals surface area (Å²) < 4.78 is 0. The molecule has 1 aromatic carbocycles. The van der Waals surface area contributed by atoms with Crippen LogP contribution in [0, 0.1) is 0 Å². The Morgan fingerprint density at radius 2 is 2.22 bits per heavy atom. The molecule has 1 atom stereocenters. The van der Waals surface area contributed by atoms with Crippen molar-refractivity contribution in [2.75, 3.05) is 24.5 Å². The van der Waals surface area contributed by atoms with Gasteiger partial charge in [0.05, 0.1) is 0 Å². The molecule has 1 aliphatic heterocycles. The highest BCUT2D eigenvalue weighted by atomic mass is 16.4. The zero-order valence-corrected chi connectivity index (χ0v) is 10.2. The van der Waals surface area contributed by atoms with Crippen molar-refractivity contribution in [1.82, 2.24) is 5.32 Å². The van der Waals surface area contributed by atoms with Crippen LogP contribution in [0.4, 0.5) is 5.69 Å². The fraction of sp³-hybridized carbons (Fsp3) is 0.385. The highest BCUT2D eigenvalue weighted by Gasteiger charge is 2.25. The third-order valence-electron chi connectivity index (χ3n) is 3.09. The van der Waals surface area contributed by atoms with E-state index in [1.807, 2.05) is 23.1 Å². The summed E-state index contributed by atoms with van der Waals surface area (Å²) in [6, 6.07) is 6.75. The summed E-state index contributed by atoms with van der Waals surface area (Å²) in [6.45, 7) is 3.31. The molecule has 0 amide bonds. The van der Waals surface area contributed by atoms with Crippen molar-refractivity contribution in [3.63, 3.8) is 0 Å². The van der Waals surface area contributed by atoms with Crippen molar-refractivity contribution < 1.29 is 14.7 Å². The quantitative estimate of drug-likeness (QED) is 0.773. The first kappa shape index (κ1) is 12.6. The highest BCUT2D eigenvalue weighted by Crippen LogP contribution is 2.18. The second-order valence-electron chi connectivity index (χ2n) is 4.40. The number of piperazine rings is 1. The number of hydrogen-bond donors (Lipinski definition) is 2. The summed E-state index contributed by atoms with van der Waals surface area (Å²) in [5, 5.41) is 11.9. The van der Waals surface area contributed by atoms with Crippen LogP contribution in [0.1, 0.15) is 17.3 Å². The number of carbonyl (C=O) groups excluding carboxylic acids is 1. The van der Waals surface area contributed by atoms with Gasteiger partial charge in [-0.1, -0.05) is 12.1 Å². The number of rotatable bonds is 3. The normalized spacial score (nSPS) is 19.6. The standard InChI is InChI=1S/C13H16N2O3/c1-9(16)10-3-2-4-11(7-10)15-6-5-14-12(8-15)13(17)18/h2-4,7,12,14H,5-6,8H2,1H3,(H,17,18). The number of nitrogens with one attached hydrogen (secondary N) is 1. The Labute approximate surface area is 105 Å². The van der Waals surface area contributed by atoms with E-state index in [9.17, 15) is 9.59 Å². The number of carboxylic acid groups (broad SMARTS) is 1. The Balaban J connectivity index is 2.18. The molecular formula is C13H16N2O3. The molecule has 2 N–H and O–H groups in total. The molecule has 96 valence electrons. The number of hydrogen-bond acceptors (Lipinski definition) is 4. The Kier molecular flexibility index (Phi) is 3.62. The van der Waals surface area contributed by atoms with Crippen LogP contribution in [-0.2, 0) is 4.79 Å². The van der Waals surface area contributed by atoms with Gasteiger partial charge in [-0.2, -0.15) is 0 Å². The molecule has 0 saturated carbocycles. The fourth-order valence-electron chi connectivity index (χ4n) is 2.07. The number of carbonyl (C=O) groups is 2. The van der Waals surface area contributed by atoms with Gasteiger partial charge >= 0.3 is 5.97 Å². The summed E-state index contributed by atoms with van der Waals surface area (Å²) in [5.41, 5.74) is 1.55. The van der Waals surface area contributed by atoms with Crippen molar-refractivity contribution in [1.29, 1.82) is 0 Å². The van der Waals surface area contributed by atoms with E-state index in [4.69, 9.17) is 5.11 Å². The molecule has 18 heavy (non-hydrogen) atoms. The average molecular weight is 248 g/mol. The summed E-state index contributed by atoms with van der Waals surface area (Å²) in [5.74, 6) is -0.829. The predicted molar refractivity (Wildman–Crippen MR) is 68.1 cm³/mol. The predicted octanol–water partition coefficient (Wildman–Crippen LogP) is 0.752. The molecule has 5 nitrogen and oxygen atoms in total. The molecule has 1 fully saturated rings. The summed E-state index contributed by atoms with van der Waals surface area (Å²) >= 11 is 0. The number of benzene rings is 1. The maximum absolute atomic E-state index is 11.3. The molecule has 1 aliphatic rings. The van der Waals surface area contributed by atoms with Gasteiger partial charge in [0, 0.05) is 30.9 Å². The molecular weight excluding hydrogens is 232 g/mol. The molecule has 0 aromatic heterocycles. The number of aliphatic carboxylic acids is 1. The van der Waals surface area contributed by atoms with Crippen LogP contribution in [0.3, 0.4) is 0 Å². The smallest absolute Gasteiger partial charge is 0.322 e. The second-order valence-corrected chi connectivity index (χ2v) is 4.40. The van der Waals surface area contributed by atoms with Crippen molar-refractivity contribution in [3.05, 3.63) is 29.8 Å². The third-order valence-corrected chi connectivity index (χ3v) is 3.09. The van der Waals surface area contributed by atoms with Crippen LogP contribution in [-0.4, -0.2) is 42.5 Å². The SMILES string of the molecule is CC(=O)c1cccc(N2CCNC(C(=O)O)C2)c1. The number of Topliss-reactive ketones (excluding diaryl/α,β-unsaturated/α-hetero) is 1. The minimum Gasteiger partial charge on any atom is -0.480 e. The topological polar surface area (TPSA) is 69.6 Å². The molecule has 1 unspecified atom stereocenters. The minimum absolute atomic E-state index is 0.0155. The molecule has 0 bridgehead atoms. The highest BCUT2D eigenvalue weighted by molar-refractivity contribution is 5.95. The maximum atomic E-state index is 11.3. The van der Waals surface area contributed by atoms with Gasteiger partial charge in [-0.15, -0.1) is 0 Å². The van der Waals surface area contributed by atoms with E-state index in [0.29, 0.717) is 18.7 Å². The summed E-state index contributed by atoms with van der Waals surface area (Å²) in [6.07, 6.45) is 0. The van der Waals surface area contributed by atoms with E-state index >= 15 is 0 Å². The van der Waals surface area contributed by atoms with Crippen LogP contribution in [0.2, 0.25) is 0 Å². The van der Waals surface area contributed by atoms with Crippen molar-refractivity contribution in [2.45, 2.75) is 13.0 Å². The monoisotopic (exact) mass is 248 g/mol. The van der Waals surface area contributed by atoms with E-state index in [2.05, 4.69) is 5.32 Å². The van der Waals surface area contributed by atoms with E-state index in [0.717, 1.165) is 12.2 Å². The fourth-order valence-corrected chi connectivity index (χ4v) is 2.07. The van der Waals surface area contributed by atoms with Gasteiger partial charge in [-0.3, -0.25) is 9.59 Å². The Bertz CT molecular complexity index is 473. The summed E-state index contributed by atoms with van der Waals surface area (Å²) in [4.78, 5) is 24.3. The molecule has 0 spiro atoms. The van der Waals surface area contributed by atoms with Crippen molar-refractivity contribution >= 4 is 17.4 Å². The number of nitrogens with zero attached hydrogens (tertiary/aromatic N) is 1. The van der Waals surface area contributed by atoms with Crippen LogP contribution in [0.25, 0.3) is 0 Å². The van der Waals surface area contributed by atoms with E-state index in [1.165, 1.54) is 6.92 Å². The second kappa shape index (κ2) is 5.18. The van der Waals surface area contributed by atoms with Crippen LogP contribution < -0.4 is 10.2 Å². The zero-order chi connectivity index (χ0) is 13.1. The molecule has 0 radical (unpaired) electrons. The number of carboxylic acids is 1. The number of ketones is 1. The number of anilines is 1. The van der Waals surface area contributed by atoms with Gasteiger partial charge in [0.1, 0.15) is 6.04 Å². The molecule has 1 heterocycles. The average Bonchev–Trinajstić information content (AvgIpc) is 2.39.